The van der Waals surface area contributed by atoms with Gasteiger partial charge in [-0.3, -0.25) is 4.98 Å². The van der Waals surface area contributed by atoms with E-state index >= 15 is 0 Å². The van der Waals surface area contributed by atoms with E-state index in [0.29, 0.717) is 11.5 Å². The second-order valence-corrected chi connectivity index (χ2v) is 7.81. The van der Waals surface area contributed by atoms with Gasteiger partial charge in [0.05, 0.1) is 5.69 Å². The summed E-state index contributed by atoms with van der Waals surface area (Å²) in [6.07, 6.45) is 7.48. The third kappa shape index (κ3) is 2.26. The van der Waals surface area contributed by atoms with E-state index in [1.165, 1.54) is 0 Å². The lowest BCUT2D eigenvalue weighted by molar-refractivity contribution is 0.00756. The molecule has 4 nitrogen and oxygen atoms in total. The lowest BCUT2D eigenvalue weighted by Crippen LogP contribution is -2.30. The van der Waals surface area contributed by atoms with Gasteiger partial charge in [-0.1, -0.05) is 11.6 Å². The minimum Gasteiger partial charge on any atom is -0.308 e. The van der Waals surface area contributed by atoms with Gasteiger partial charge in [0.2, 0.25) is 5.82 Å². The highest BCUT2D eigenvalue weighted by Crippen LogP contribution is 2.62. The van der Waals surface area contributed by atoms with Gasteiger partial charge in [-0.2, -0.15) is 8.78 Å². The van der Waals surface area contributed by atoms with E-state index in [9.17, 15) is 8.78 Å². The van der Waals surface area contributed by atoms with Crippen molar-refractivity contribution in [3.05, 3.63) is 41.6 Å². The zero-order valence-electron chi connectivity index (χ0n) is 13.7. The van der Waals surface area contributed by atoms with Crippen LogP contribution < -0.4 is 4.90 Å². The number of pyridine rings is 1. The largest absolute Gasteiger partial charge is 0.308 e. The highest BCUT2D eigenvalue weighted by molar-refractivity contribution is 6.24. The van der Waals surface area contributed by atoms with Crippen LogP contribution in [0.5, 0.6) is 0 Å². The molecule has 7 heteroatoms. The molecule has 1 aliphatic heterocycles. The average Bonchev–Trinajstić information content (AvgIpc) is 3.46. The lowest BCUT2D eigenvalue weighted by Gasteiger charge is -2.26. The molecule has 0 N–H and O–H groups in total. The van der Waals surface area contributed by atoms with E-state index in [2.05, 4.69) is 15.0 Å². The minimum atomic E-state index is -3.08. The van der Waals surface area contributed by atoms with Crippen molar-refractivity contribution in [1.29, 1.82) is 0 Å². The maximum absolute atomic E-state index is 14.0. The van der Waals surface area contributed by atoms with Crippen LogP contribution in [0.25, 0.3) is 0 Å². The van der Waals surface area contributed by atoms with Crippen LogP contribution in [0, 0.1) is 0 Å². The molecule has 0 radical (unpaired) electrons. The van der Waals surface area contributed by atoms with Gasteiger partial charge in [-0.15, -0.1) is 0 Å². The summed E-state index contributed by atoms with van der Waals surface area (Å²) in [7, 11) is 0. The molecule has 0 amide bonds. The van der Waals surface area contributed by atoms with Gasteiger partial charge in [-0.05, 0) is 31.7 Å². The van der Waals surface area contributed by atoms with Crippen LogP contribution in [0.15, 0.2) is 24.5 Å². The molecular weight excluding hydrogens is 346 g/mol. The maximum atomic E-state index is 14.0. The van der Waals surface area contributed by atoms with Crippen LogP contribution in [0.3, 0.4) is 0 Å². The molecule has 5 rings (SSSR count). The van der Waals surface area contributed by atoms with Crippen molar-refractivity contribution in [2.45, 2.75) is 55.4 Å². The van der Waals surface area contributed by atoms with Crippen LogP contribution in [0.1, 0.15) is 55.6 Å². The molecule has 2 aromatic rings. The Morgan fingerprint density at radius 2 is 2.04 bits per heavy atom. The van der Waals surface area contributed by atoms with Crippen molar-refractivity contribution in [3.63, 3.8) is 0 Å². The average molecular weight is 363 g/mol. The van der Waals surface area contributed by atoms with Crippen LogP contribution in [-0.4, -0.2) is 20.5 Å². The smallest absolute Gasteiger partial charge is 0.303 e. The highest BCUT2D eigenvalue weighted by atomic mass is 35.5. The Labute approximate surface area is 149 Å². The van der Waals surface area contributed by atoms with Crippen molar-refractivity contribution < 1.29 is 8.78 Å². The Morgan fingerprint density at radius 1 is 1.28 bits per heavy atom. The van der Waals surface area contributed by atoms with Crippen molar-refractivity contribution in [2.75, 3.05) is 4.90 Å². The molecule has 0 bridgehead atoms. The number of halogens is 3. The first kappa shape index (κ1) is 15.4. The summed E-state index contributed by atoms with van der Waals surface area (Å²) in [4.78, 5) is 14.4. The van der Waals surface area contributed by atoms with Crippen LogP contribution in [-0.2, 0) is 11.3 Å². The van der Waals surface area contributed by atoms with Gasteiger partial charge in [0.15, 0.2) is 0 Å². The van der Waals surface area contributed by atoms with E-state index in [0.717, 1.165) is 43.9 Å². The number of alkyl halides is 3. The number of rotatable bonds is 3. The molecule has 0 saturated heterocycles. The molecule has 2 aliphatic carbocycles. The molecule has 1 spiro atoms. The lowest BCUT2D eigenvalue weighted by atomic mass is 10.0. The van der Waals surface area contributed by atoms with Gasteiger partial charge in [0, 0.05) is 48.0 Å². The Balaban J connectivity index is 1.67. The van der Waals surface area contributed by atoms with Gasteiger partial charge in [-0.25, -0.2) is 9.97 Å². The number of anilines is 2. The molecule has 1 atom stereocenters. The molecule has 3 aliphatic rings. The van der Waals surface area contributed by atoms with Crippen LogP contribution in [0.2, 0.25) is 0 Å². The predicted octanol–water partition coefficient (Wildman–Crippen LogP) is 4.61. The fourth-order valence-electron chi connectivity index (χ4n) is 3.72. The molecule has 1 unspecified atom stereocenters. The van der Waals surface area contributed by atoms with E-state index in [1.54, 1.807) is 6.20 Å². The third-order valence-corrected chi connectivity index (χ3v) is 6.05. The van der Waals surface area contributed by atoms with E-state index in [4.69, 9.17) is 11.6 Å². The Kier molecular flexibility index (Phi) is 3.01. The summed E-state index contributed by atoms with van der Waals surface area (Å²) < 4.78 is 27.9. The van der Waals surface area contributed by atoms with E-state index < -0.39 is 11.7 Å². The fraction of sp³-hybridized carbons (Fsp3) is 0.500. The van der Waals surface area contributed by atoms with E-state index in [1.807, 2.05) is 23.2 Å². The number of hydrogen-bond donors (Lipinski definition) is 0. The van der Waals surface area contributed by atoms with Gasteiger partial charge in [0.1, 0.15) is 11.3 Å². The standard InChI is InChI=1S/C18H17ClF2N4/c1-17(20,21)16-23-12(10-2-3-10)8-14(24-16)25-13-4-7-22-9-11(13)18(5-6-18)15(25)19/h4,7-10,15H,2-3,5-6H2,1H3. The second-order valence-electron chi connectivity index (χ2n) is 7.39. The first-order valence-electron chi connectivity index (χ1n) is 8.55. The molecule has 25 heavy (non-hydrogen) atoms. The number of fused-ring (bicyclic) bond motifs is 2. The van der Waals surface area contributed by atoms with Gasteiger partial charge < -0.3 is 4.90 Å². The van der Waals surface area contributed by atoms with Crippen LogP contribution in [0.4, 0.5) is 20.3 Å². The Bertz CT molecular complexity index is 858. The summed E-state index contributed by atoms with van der Waals surface area (Å²) in [6, 6.07) is 3.72. The van der Waals surface area contributed by atoms with Crippen molar-refractivity contribution >= 4 is 23.1 Å². The molecule has 130 valence electrons. The van der Waals surface area contributed by atoms with Gasteiger partial charge in [0.25, 0.3) is 0 Å². The molecule has 0 aromatic carbocycles. The summed E-state index contributed by atoms with van der Waals surface area (Å²) in [5, 5.41) is 0. The summed E-state index contributed by atoms with van der Waals surface area (Å²) in [6.45, 7) is 0.838. The molecular formula is C18H17ClF2N4. The number of aromatic nitrogens is 3. The van der Waals surface area contributed by atoms with Crippen molar-refractivity contribution in [2.24, 2.45) is 0 Å². The second kappa shape index (κ2) is 4.87. The minimum absolute atomic E-state index is 0.134. The number of hydrogen-bond acceptors (Lipinski definition) is 4. The summed E-state index contributed by atoms with van der Waals surface area (Å²) >= 11 is 6.80. The fourth-order valence-corrected chi connectivity index (χ4v) is 4.26. The Morgan fingerprint density at radius 3 is 2.68 bits per heavy atom. The highest BCUT2D eigenvalue weighted by Gasteiger charge is 2.59. The van der Waals surface area contributed by atoms with Crippen LogP contribution >= 0.6 is 11.6 Å². The zero-order chi connectivity index (χ0) is 17.4. The monoisotopic (exact) mass is 362 g/mol. The normalized spacial score (nSPS) is 23.8. The summed E-state index contributed by atoms with van der Waals surface area (Å²) in [5.74, 6) is -2.79. The van der Waals surface area contributed by atoms with Crippen molar-refractivity contribution in [3.8, 4) is 0 Å². The first-order valence-corrected chi connectivity index (χ1v) is 8.99. The molecule has 2 saturated carbocycles. The third-order valence-electron chi connectivity index (χ3n) is 5.43. The van der Waals surface area contributed by atoms with Gasteiger partial charge >= 0.3 is 5.92 Å². The maximum Gasteiger partial charge on any atom is 0.303 e. The van der Waals surface area contributed by atoms with Crippen molar-refractivity contribution in [1.82, 2.24) is 15.0 Å². The molecule has 2 fully saturated rings. The molecule has 3 heterocycles. The topological polar surface area (TPSA) is 41.9 Å². The SMILES string of the molecule is CC(F)(F)c1nc(C2CC2)cc(N2c3ccncc3C3(CC3)C2Cl)n1. The molecule has 2 aromatic heterocycles. The summed E-state index contributed by atoms with van der Waals surface area (Å²) in [5.41, 5.74) is 2.22. The zero-order valence-corrected chi connectivity index (χ0v) is 14.5. The predicted molar refractivity (Wildman–Crippen MR) is 90.5 cm³/mol. The van der Waals surface area contributed by atoms with E-state index in [-0.39, 0.29) is 16.8 Å². The Hall–Kier alpha value is -1.82. The number of nitrogens with zero attached hydrogens (tertiary/aromatic N) is 4. The first-order chi connectivity index (χ1) is 11.9. The quantitative estimate of drug-likeness (QED) is 0.590.